The molecule has 126 valence electrons. The molecule has 2 aromatic carbocycles. The maximum atomic E-state index is 2.39. The summed E-state index contributed by atoms with van der Waals surface area (Å²) in [4.78, 5) is 3.63. The normalized spacial score (nSPS) is 15.2. The van der Waals surface area contributed by atoms with E-state index in [2.05, 4.69) is 91.9 Å². The number of benzene rings is 2. The van der Waals surface area contributed by atoms with E-state index in [1.165, 1.54) is 43.3 Å². The highest BCUT2D eigenvalue weighted by Crippen LogP contribution is 2.45. The second-order valence-electron chi connectivity index (χ2n) is 6.68. The molecule has 0 fully saturated rings. The fourth-order valence-corrected chi connectivity index (χ4v) is 4.54. The first-order valence-electron chi connectivity index (χ1n) is 8.74. The van der Waals surface area contributed by atoms with Gasteiger partial charge in [-0.1, -0.05) is 29.5 Å². The molecule has 0 aliphatic carbocycles. The van der Waals surface area contributed by atoms with Crippen LogP contribution in [0.15, 0.2) is 58.5 Å². The summed E-state index contributed by atoms with van der Waals surface area (Å²) in [6.45, 7) is 7.47. The molecule has 0 spiro atoms. The summed E-state index contributed by atoms with van der Waals surface area (Å²) >= 11 is 1.85. The quantitative estimate of drug-likeness (QED) is 0.580. The summed E-state index contributed by atoms with van der Waals surface area (Å²) in [5, 5.41) is 2.57. The Kier molecular flexibility index (Phi) is 4.04. The number of hydrogen-bond donors (Lipinski definition) is 0. The van der Waals surface area contributed by atoms with Crippen LogP contribution in [0.25, 0.3) is 17.0 Å². The fourth-order valence-electron chi connectivity index (χ4n) is 3.46. The number of aromatic nitrogens is 1. The number of aryl methyl sites for hydroxylation is 3. The van der Waals surface area contributed by atoms with Crippen molar-refractivity contribution < 1.29 is 4.57 Å². The Morgan fingerprint density at radius 2 is 1.76 bits per heavy atom. The Morgan fingerprint density at radius 3 is 2.56 bits per heavy atom. The largest absolute Gasteiger partial charge is 0.338 e. The molecule has 1 aliphatic rings. The van der Waals surface area contributed by atoms with Crippen molar-refractivity contribution in [2.75, 3.05) is 11.9 Å². The summed E-state index contributed by atoms with van der Waals surface area (Å²) in [5.74, 6) is 0. The molecular formula is C22H23N2S+. The monoisotopic (exact) mass is 347 g/mol. The second kappa shape index (κ2) is 6.23. The number of pyridine rings is 1. The lowest BCUT2D eigenvalue weighted by Gasteiger charge is -2.13. The molecule has 25 heavy (non-hydrogen) atoms. The minimum absolute atomic E-state index is 0.958. The van der Waals surface area contributed by atoms with E-state index >= 15 is 0 Å². The predicted molar refractivity (Wildman–Crippen MR) is 108 cm³/mol. The summed E-state index contributed by atoms with van der Waals surface area (Å²) in [6.07, 6.45) is 2.31. The van der Waals surface area contributed by atoms with Crippen molar-refractivity contribution in [3.63, 3.8) is 0 Å². The van der Waals surface area contributed by atoms with Gasteiger partial charge in [0.2, 0.25) is 11.2 Å². The highest BCUT2D eigenvalue weighted by atomic mass is 32.2. The van der Waals surface area contributed by atoms with Gasteiger partial charge in [0.15, 0.2) is 0 Å². The van der Waals surface area contributed by atoms with E-state index in [1.54, 1.807) is 0 Å². The Hall–Kier alpha value is -2.26. The van der Waals surface area contributed by atoms with Crippen molar-refractivity contribution in [1.82, 2.24) is 0 Å². The molecule has 0 atom stereocenters. The van der Waals surface area contributed by atoms with Crippen molar-refractivity contribution in [2.24, 2.45) is 0 Å². The molecule has 3 heteroatoms. The summed E-state index contributed by atoms with van der Waals surface area (Å²) in [6, 6.07) is 17.8. The number of anilines is 1. The van der Waals surface area contributed by atoms with Crippen LogP contribution in [-0.4, -0.2) is 7.05 Å². The highest BCUT2D eigenvalue weighted by Gasteiger charge is 2.23. The third-order valence-corrected chi connectivity index (χ3v) is 5.99. The molecule has 4 rings (SSSR count). The third-order valence-electron chi connectivity index (χ3n) is 4.83. The second-order valence-corrected chi connectivity index (χ2v) is 7.74. The van der Waals surface area contributed by atoms with Gasteiger partial charge < -0.3 is 4.90 Å². The van der Waals surface area contributed by atoms with Gasteiger partial charge >= 0.3 is 0 Å². The van der Waals surface area contributed by atoms with Gasteiger partial charge in [-0.05, 0) is 50.6 Å². The molecule has 0 unspecified atom stereocenters. The number of nitrogens with zero attached hydrogens (tertiary/aromatic N) is 2. The minimum Gasteiger partial charge on any atom is -0.338 e. The van der Waals surface area contributed by atoms with Gasteiger partial charge in [-0.25, -0.2) is 0 Å². The van der Waals surface area contributed by atoms with Gasteiger partial charge in [0.25, 0.3) is 0 Å². The predicted octanol–water partition coefficient (Wildman–Crippen LogP) is 5.30. The van der Waals surface area contributed by atoms with Crippen LogP contribution in [0.4, 0.5) is 5.69 Å². The van der Waals surface area contributed by atoms with Crippen LogP contribution in [0.3, 0.4) is 0 Å². The molecule has 3 aromatic rings. The van der Waals surface area contributed by atoms with Crippen LogP contribution in [0.5, 0.6) is 0 Å². The van der Waals surface area contributed by atoms with E-state index in [0.29, 0.717) is 0 Å². The van der Waals surface area contributed by atoms with Crippen LogP contribution in [0, 0.1) is 13.8 Å². The SMILES string of the molecule is CC[n+]1c(/C=C2\Sc3ccc(C)cc3N2C)ccc2cc(C)ccc21. The average Bonchev–Trinajstić information content (AvgIpc) is 2.90. The van der Waals surface area contributed by atoms with Crippen molar-refractivity contribution >= 4 is 34.4 Å². The van der Waals surface area contributed by atoms with Crippen LogP contribution < -0.4 is 9.47 Å². The highest BCUT2D eigenvalue weighted by molar-refractivity contribution is 8.03. The average molecular weight is 348 g/mol. The zero-order valence-electron chi connectivity index (χ0n) is 15.2. The zero-order chi connectivity index (χ0) is 17.6. The topological polar surface area (TPSA) is 7.12 Å². The van der Waals surface area contributed by atoms with E-state index in [1.807, 2.05) is 11.8 Å². The Morgan fingerprint density at radius 1 is 1.00 bits per heavy atom. The van der Waals surface area contributed by atoms with Crippen molar-refractivity contribution in [3.8, 4) is 0 Å². The van der Waals surface area contributed by atoms with Crippen molar-refractivity contribution in [1.29, 1.82) is 0 Å². The number of thioether (sulfide) groups is 1. The van der Waals surface area contributed by atoms with E-state index in [0.717, 1.165) is 6.54 Å². The van der Waals surface area contributed by atoms with Gasteiger partial charge in [0.1, 0.15) is 6.54 Å². The maximum Gasteiger partial charge on any atom is 0.212 e. The van der Waals surface area contributed by atoms with E-state index in [4.69, 9.17) is 0 Å². The molecule has 2 heterocycles. The molecule has 1 aliphatic heterocycles. The van der Waals surface area contributed by atoms with Crippen LogP contribution >= 0.6 is 11.8 Å². The summed E-state index contributed by atoms with van der Waals surface area (Å²) in [7, 11) is 2.16. The number of fused-ring (bicyclic) bond motifs is 2. The Bertz CT molecular complexity index is 1000. The Balaban J connectivity index is 1.81. The standard InChI is InChI=1S/C22H23N2S/c1-5-24-18(9-8-17-12-15(2)6-10-19(17)24)14-22-23(4)20-13-16(3)7-11-21(20)25-22/h6-14H,5H2,1-4H3/q+1. The van der Waals surface area contributed by atoms with Gasteiger partial charge in [-0.3, -0.25) is 0 Å². The van der Waals surface area contributed by atoms with Gasteiger partial charge in [0.05, 0.1) is 10.7 Å². The first kappa shape index (κ1) is 16.2. The zero-order valence-corrected chi connectivity index (χ0v) is 16.0. The minimum atomic E-state index is 0.958. The first-order valence-corrected chi connectivity index (χ1v) is 9.55. The van der Waals surface area contributed by atoms with Crippen molar-refractivity contribution in [2.45, 2.75) is 32.2 Å². The van der Waals surface area contributed by atoms with Crippen LogP contribution in [-0.2, 0) is 6.54 Å². The number of rotatable bonds is 2. The lowest BCUT2D eigenvalue weighted by atomic mass is 10.1. The number of hydrogen-bond acceptors (Lipinski definition) is 2. The molecule has 0 saturated heterocycles. The third kappa shape index (κ3) is 2.83. The van der Waals surface area contributed by atoms with E-state index in [-0.39, 0.29) is 0 Å². The molecule has 2 nitrogen and oxygen atoms in total. The smallest absolute Gasteiger partial charge is 0.212 e. The molecule has 0 radical (unpaired) electrons. The Labute approximate surface area is 153 Å². The van der Waals surface area contributed by atoms with Gasteiger partial charge in [-0.15, -0.1) is 0 Å². The first-order chi connectivity index (χ1) is 12.1. The van der Waals surface area contributed by atoms with Crippen LogP contribution in [0.2, 0.25) is 0 Å². The molecule has 0 bridgehead atoms. The van der Waals surface area contributed by atoms with Crippen LogP contribution in [0.1, 0.15) is 23.7 Å². The fraction of sp³-hybridized carbons (Fsp3) is 0.227. The van der Waals surface area contributed by atoms with Crippen molar-refractivity contribution in [3.05, 3.63) is 70.4 Å². The van der Waals surface area contributed by atoms with E-state index < -0.39 is 0 Å². The molecule has 0 amide bonds. The molecular weight excluding hydrogens is 324 g/mol. The molecule has 0 N–H and O–H groups in total. The summed E-state index contributed by atoms with van der Waals surface area (Å²) < 4.78 is 2.39. The van der Waals surface area contributed by atoms with E-state index in [9.17, 15) is 0 Å². The van der Waals surface area contributed by atoms with Gasteiger partial charge in [0, 0.05) is 35.5 Å². The summed E-state index contributed by atoms with van der Waals surface area (Å²) in [5.41, 5.74) is 6.45. The molecule has 0 saturated carbocycles. The maximum absolute atomic E-state index is 2.39. The molecule has 1 aromatic heterocycles. The lowest BCUT2D eigenvalue weighted by Crippen LogP contribution is -2.36. The lowest BCUT2D eigenvalue weighted by molar-refractivity contribution is -0.669. The van der Waals surface area contributed by atoms with Gasteiger partial charge in [-0.2, -0.15) is 4.57 Å².